The van der Waals surface area contributed by atoms with Crippen molar-refractivity contribution in [3.05, 3.63) is 28.7 Å². The zero-order valence-electron chi connectivity index (χ0n) is 9.83. The molecule has 1 rings (SSSR count). The minimum atomic E-state index is 0.0103. The maximum atomic E-state index is 11.1. The second-order valence-electron chi connectivity index (χ2n) is 3.43. The quantitative estimate of drug-likeness (QED) is 0.751. The summed E-state index contributed by atoms with van der Waals surface area (Å²) in [6, 6.07) is 7.65. The van der Waals surface area contributed by atoms with Gasteiger partial charge >= 0.3 is 0 Å². The Bertz CT molecular complexity index is 341. The average molecular weight is 301 g/mol. The van der Waals surface area contributed by atoms with Crippen LogP contribution < -0.4 is 15.4 Å². The van der Waals surface area contributed by atoms with E-state index in [9.17, 15) is 4.79 Å². The largest absolute Gasteiger partial charge is 0.492 e. The fraction of sp³-hybridized carbons (Fsp3) is 0.417. The molecule has 0 saturated heterocycles. The van der Waals surface area contributed by atoms with Gasteiger partial charge in [0.15, 0.2) is 0 Å². The Kier molecular flexibility index (Phi) is 6.65. The average Bonchev–Trinajstić information content (AvgIpc) is 2.31. The molecule has 17 heavy (non-hydrogen) atoms. The summed E-state index contributed by atoms with van der Waals surface area (Å²) in [5.74, 6) is 0.837. The number of halogens is 1. The van der Waals surface area contributed by atoms with Crippen molar-refractivity contribution >= 4 is 21.8 Å². The molecule has 0 aliphatic rings. The number of carbonyl (C=O) groups is 1. The molecule has 2 N–H and O–H groups in total. The fourth-order valence-corrected chi connectivity index (χ4v) is 1.50. The summed E-state index contributed by atoms with van der Waals surface area (Å²) in [6.45, 7) is 4.08. The van der Waals surface area contributed by atoms with Gasteiger partial charge < -0.3 is 15.4 Å². The van der Waals surface area contributed by atoms with E-state index in [1.165, 1.54) is 0 Å². The lowest BCUT2D eigenvalue weighted by atomic mass is 10.3. The molecule has 1 aromatic rings. The molecule has 94 valence electrons. The molecule has 0 fully saturated rings. The van der Waals surface area contributed by atoms with Gasteiger partial charge in [0.05, 0.1) is 6.54 Å². The minimum absolute atomic E-state index is 0.0103. The van der Waals surface area contributed by atoms with Crippen LogP contribution in [0.15, 0.2) is 28.7 Å². The first-order valence-electron chi connectivity index (χ1n) is 5.58. The van der Waals surface area contributed by atoms with E-state index in [0.717, 1.165) is 10.2 Å². The molecule has 0 heterocycles. The molecule has 0 spiro atoms. The molecule has 0 aromatic heterocycles. The number of benzene rings is 1. The van der Waals surface area contributed by atoms with Gasteiger partial charge in [-0.1, -0.05) is 15.9 Å². The van der Waals surface area contributed by atoms with Gasteiger partial charge in [0, 0.05) is 17.6 Å². The maximum Gasteiger partial charge on any atom is 0.233 e. The highest BCUT2D eigenvalue weighted by atomic mass is 79.9. The number of carbonyl (C=O) groups excluding carboxylic acids is 1. The van der Waals surface area contributed by atoms with Gasteiger partial charge in [-0.05, 0) is 31.2 Å². The molecule has 1 amide bonds. The highest BCUT2D eigenvalue weighted by Crippen LogP contribution is 2.15. The molecular formula is C12H17BrN2O2. The first-order valence-corrected chi connectivity index (χ1v) is 6.37. The van der Waals surface area contributed by atoms with Gasteiger partial charge in [-0.15, -0.1) is 0 Å². The normalized spacial score (nSPS) is 10.0. The van der Waals surface area contributed by atoms with Gasteiger partial charge in [-0.25, -0.2) is 0 Å². The summed E-state index contributed by atoms with van der Waals surface area (Å²) >= 11 is 3.36. The highest BCUT2D eigenvalue weighted by Gasteiger charge is 1.98. The number of hydrogen-bond acceptors (Lipinski definition) is 3. The Morgan fingerprint density at radius 2 is 2.06 bits per heavy atom. The fourth-order valence-electron chi connectivity index (χ4n) is 1.23. The second-order valence-corrected chi connectivity index (χ2v) is 4.35. The van der Waals surface area contributed by atoms with Gasteiger partial charge in [-0.3, -0.25) is 4.79 Å². The lowest BCUT2D eigenvalue weighted by molar-refractivity contribution is -0.120. The minimum Gasteiger partial charge on any atom is -0.492 e. The lowest BCUT2D eigenvalue weighted by Gasteiger charge is -2.07. The van der Waals surface area contributed by atoms with Crippen LogP contribution in [0.1, 0.15) is 6.92 Å². The van der Waals surface area contributed by atoms with Crippen molar-refractivity contribution in [2.24, 2.45) is 0 Å². The number of rotatable bonds is 7. The Morgan fingerprint density at radius 3 is 2.71 bits per heavy atom. The number of nitrogens with one attached hydrogen (secondary N) is 2. The lowest BCUT2D eigenvalue weighted by Crippen LogP contribution is -2.35. The van der Waals surface area contributed by atoms with Crippen LogP contribution in [0.4, 0.5) is 0 Å². The molecule has 0 aliphatic heterocycles. The summed E-state index contributed by atoms with van der Waals surface area (Å²) in [4.78, 5) is 11.1. The monoisotopic (exact) mass is 300 g/mol. The van der Waals surface area contributed by atoms with Crippen LogP contribution >= 0.6 is 15.9 Å². The topological polar surface area (TPSA) is 50.4 Å². The molecular weight excluding hydrogens is 284 g/mol. The summed E-state index contributed by atoms with van der Waals surface area (Å²) in [6.07, 6.45) is 0. The van der Waals surface area contributed by atoms with E-state index in [4.69, 9.17) is 4.74 Å². The van der Waals surface area contributed by atoms with Crippen LogP contribution in [0.3, 0.4) is 0 Å². The molecule has 0 bridgehead atoms. The first-order chi connectivity index (χ1) is 8.22. The Labute approximate surface area is 110 Å². The van der Waals surface area contributed by atoms with Crippen molar-refractivity contribution in [1.82, 2.24) is 10.6 Å². The van der Waals surface area contributed by atoms with Crippen molar-refractivity contribution in [2.45, 2.75) is 6.92 Å². The molecule has 5 heteroatoms. The van der Waals surface area contributed by atoms with Crippen molar-refractivity contribution < 1.29 is 9.53 Å². The standard InChI is InChI=1S/C12H17BrN2O2/c1-2-15-12(16)9-14-7-8-17-11-5-3-10(13)4-6-11/h3-6,14H,2,7-9H2,1H3,(H,15,16). The predicted octanol–water partition coefficient (Wildman–Crippen LogP) is 1.55. The van der Waals surface area contributed by atoms with E-state index in [1.54, 1.807) is 0 Å². The smallest absolute Gasteiger partial charge is 0.233 e. The maximum absolute atomic E-state index is 11.1. The van der Waals surface area contributed by atoms with E-state index < -0.39 is 0 Å². The zero-order valence-corrected chi connectivity index (χ0v) is 11.4. The van der Waals surface area contributed by atoms with Gasteiger partial charge in [0.1, 0.15) is 12.4 Å². The Hall–Kier alpha value is -1.07. The van der Waals surface area contributed by atoms with E-state index in [-0.39, 0.29) is 5.91 Å². The Morgan fingerprint density at radius 1 is 1.35 bits per heavy atom. The molecule has 4 nitrogen and oxygen atoms in total. The van der Waals surface area contributed by atoms with E-state index in [1.807, 2.05) is 31.2 Å². The third-order valence-corrected chi connectivity index (χ3v) is 2.55. The summed E-state index contributed by atoms with van der Waals surface area (Å²) in [5, 5.41) is 5.72. The van der Waals surface area contributed by atoms with Crippen molar-refractivity contribution in [1.29, 1.82) is 0 Å². The number of likely N-dealkylation sites (N-methyl/N-ethyl adjacent to an activating group) is 1. The molecule has 0 unspecified atom stereocenters. The van der Waals surface area contributed by atoms with Crippen LogP contribution in [-0.4, -0.2) is 32.1 Å². The zero-order chi connectivity index (χ0) is 12.5. The second kappa shape index (κ2) is 8.08. The van der Waals surface area contributed by atoms with Crippen LogP contribution in [0.2, 0.25) is 0 Å². The van der Waals surface area contributed by atoms with Crippen LogP contribution in [0.25, 0.3) is 0 Å². The number of ether oxygens (including phenoxy) is 1. The highest BCUT2D eigenvalue weighted by molar-refractivity contribution is 9.10. The molecule has 0 saturated carbocycles. The molecule has 1 aromatic carbocycles. The van der Waals surface area contributed by atoms with E-state index in [0.29, 0.717) is 26.2 Å². The molecule has 0 radical (unpaired) electrons. The SMILES string of the molecule is CCNC(=O)CNCCOc1ccc(Br)cc1. The first kappa shape index (κ1) is 14.0. The Balaban J connectivity index is 2.08. The third kappa shape index (κ3) is 6.28. The van der Waals surface area contributed by atoms with Crippen molar-refractivity contribution in [3.63, 3.8) is 0 Å². The van der Waals surface area contributed by atoms with Crippen LogP contribution in [0, 0.1) is 0 Å². The predicted molar refractivity (Wildman–Crippen MR) is 71.2 cm³/mol. The van der Waals surface area contributed by atoms with Crippen molar-refractivity contribution in [2.75, 3.05) is 26.2 Å². The molecule has 0 aliphatic carbocycles. The van der Waals surface area contributed by atoms with Gasteiger partial charge in [-0.2, -0.15) is 0 Å². The van der Waals surface area contributed by atoms with E-state index >= 15 is 0 Å². The van der Waals surface area contributed by atoms with Gasteiger partial charge in [0.25, 0.3) is 0 Å². The van der Waals surface area contributed by atoms with Crippen LogP contribution in [-0.2, 0) is 4.79 Å². The van der Waals surface area contributed by atoms with E-state index in [2.05, 4.69) is 26.6 Å². The number of hydrogen-bond donors (Lipinski definition) is 2. The summed E-state index contributed by atoms with van der Waals surface area (Å²) in [7, 11) is 0. The summed E-state index contributed by atoms with van der Waals surface area (Å²) in [5.41, 5.74) is 0. The van der Waals surface area contributed by atoms with Crippen molar-refractivity contribution in [3.8, 4) is 5.75 Å². The van der Waals surface area contributed by atoms with Gasteiger partial charge in [0.2, 0.25) is 5.91 Å². The molecule has 0 atom stereocenters. The number of amides is 1. The van der Waals surface area contributed by atoms with Crippen LogP contribution in [0.5, 0.6) is 5.75 Å². The third-order valence-electron chi connectivity index (χ3n) is 2.02. The summed E-state index contributed by atoms with van der Waals surface area (Å²) < 4.78 is 6.51.